The van der Waals surface area contributed by atoms with E-state index in [0.29, 0.717) is 51.4 Å². The molecule has 81 heavy (non-hydrogen) atoms. The molecule has 22 heteroatoms. The van der Waals surface area contributed by atoms with Crippen LogP contribution in [0.2, 0.25) is 0 Å². The van der Waals surface area contributed by atoms with Crippen LogP contribution in [0.5, 0.6) is 0 Å². The van der Waals surface area contributed by atoms with Crippen molar-refractivity contribution in [1.82, 2.24) is 0 Å². The monoisotopic (exact) mass is 1140 g/mol. The van der Waals surface area contributed by atoms with E-state index < -0.39 is 98.8 Å². The lowest BCUT2D eigenvalue weighted by molar-refractivity contribution is -0.174. The number of hydrogen-bond acceptors (Lipinski definition) is 21. The highest BCUT2D eigenvalue weighted by Crippen LogP contribution is 2.56. The molecule has 0 aromatic carbocycles. The van der Waals surface area contributed by atoms with Crippen LogP contribution in [-0.2, 0) is 100 Å². The molecule has 8 rings (SSSR count). The summed E-state index contributed by atoms with van der Waals surface area (Å²) in [5, 5.41) is 8.96. The lowest BCUT2D eigenvalue weighted by atomic mass is 9.54. The Bertz CT molecular complexity index is 2410. The topological polar surface area (TPSA) is 332 Å². The average molecular weight is 1140 g/mol. The van der Waals surface area contributed by atoms with Crippen molar-refractivity contribution in [3.8, 4) is 0 Å². The van der Waals surface area contributed by atoms with Crippen LogP contribution in [0.1, 0.15) is 182 Å². The lowest BCUT2D eigenvalue weighted by Gasteiger charge is -2.47. The van der Waals surface area contributed by atoms with Crippen LogP contribution in [0.4, 0.5) is 0 Å². The third-order valence-electron chi connectivity index (χ3n) is 17.9. The molecule has 8 aliphatic carbocycles. The fraction of sp³-hybridized carbons (Fsp3) is 0.746. The fourth-order valence-electron chi connectivity index (χ4n) is 13.6. The number of Topliss-reactive ketones (excluding diaryl/α,β-unsaturated/α-hetero) is 8. The highest BCUT2D eigenvalue weighted by molar-refractivity contribution is 6.13. The molecule has 0 amide bonds. The van der Waals surface area contributed by atoms with E-state index in [1.54, 1.807) is 20.8 Å². The number of carbonyl (C=O) groups is 15. The number of ether oxygens (including phenoxy) is 6. The number of aliphatic carboxylic acids is 1. The van der Waals surface area contributed by atoms with Crippen LogP contribution >= 0.6 is 0 Å². The Hall–Kier alpha value is -6.35. The predicted octanol–water partition coefficient (Wildman–Crippen LogP) is 5.91. The van der Waals surface area contributed by atoms with E-state index in [4.69, 9.17) is 19.3 Å². The van der Waals surface area contributed by atoms with Crippen molar-refractivity contribution < 1.29 is 105 Å². The summed E-state index contributed by atoms with van der Waals surface area (Å²) >= 11 is 0. The van der Waals surface area contributed by atoms with Gasteiger partial charge in [-0.15, -0.1) is 0 Å². The SMILES string of the molecule is CCOC(=O)C(C(=O)OCC)C1(CC(C)=O)CCC1.CCOC(=O)C1C(=O)CC(=O)CC12CCC2.COC(=O)C(C(=O)OC)C1(CC(C)=O)CCC1.COC(=O)C1C(=O)CC(=O)CC12CCC2.O=C1CC(=O)C(C(=O)O)C2(CCC2)C1. The number of carboxylic acids is 1. The maximum atomic E-state index is 12.0. The van der Waals surface area contributed by atoms with Crippen LogP contribution in [0.15, 0.2) is 0 Å². The molecule has 8 saturated carbocycles. The van der Waals surface area contributed by atoms with Gasteiger partial charge in [-0.1, -0.05) is 32.1 Å². The first-order chi connectivity index (χ1) is 38.2. The van der Waals surface area contributed by atoms with Gasteiger partial charge in [-0.05, 0) is 115 Å². The minimum absolute atomic E-state index is 0.0155. The van der Waals surface area contributed by atoms with Gasteiger partial charge in [0.15, 0.2) is 29.2 Å². The number of hydrogen-bond donors (Lipinski definition) is 1. The second kappa shape index (κ2) is 29.1. The van der Waals surface area contributed by atoms with Crippen molar-refractivity contribution in [2.75, 3.05) is 41.2 Å². The third-order valence-corrected chi connectivity index (χ3v) is 17.9. The highest BCUT2D eigenvalue weighted by atomic mass is 16.6. The summed E-state index contributed by atoms with van der Waals surface area (Å²) < 4.78 is 28.9. The van der Waals surface area contributed by atoms with Gasteiger partial charge in [0.1, 0.15) is 46.7 Å². The van der Waals surface area contributed by atoms with Crippen molar-refractivity contribution >= 4 is 88.1 Å². The molecule has 0 heterocycles. The quantitative estimate of drug-likeness (QED) is 0.107. The van der Waals surface area contributed by atoms with Gasteiger partial charge in [-0.2, -0.15) is 0 Å². The predicted molar refractivity (Wildman–Crippen MR) is 281 cm³/mol. The Morgan fingerprint density at radius 1 is 0.432 bits per heavy atom. The smallest absolute Gasteiger partial charge is 0.320 e. The zero-order chi connectivity index (χ0) is 60.7. The molecule has 0 saturated heterocycles. The van der Waals surface area contributed by atoms with Crippen molar-refractivity contribution in [3.05, 3.63) is 0 Å². The summed E-state index contributed by atoms with van der Waals surface area (Å²) in [5.41, 5.74) is -2.48. The van der Waals surface area contributed by atoms with Crippen LogP contribution in [0.25, 0.3) is 0 Å². The van der Waals surface area contributed by atoms with Crippen LogP contribution in [0.3, 0.4) is 0 Å². The zero-order valence-electron chi connectivity index (χ0n) is 48.3. The van der Waals surface area contributed by atoms with Crippen molar-refractivity contribution in [3.63, 3.8) is 0 Å². The summed E-state index contributed by atoms with van der Waals surface area (Å²) in [6.07, 6.45) is 13.2. The second-order valence-electron chi connectivity index (χ2n) is 23.2. The molecule has 0 aromatic heterocycles. The van der Waals surface area contributed by atoms with Gasteiger partial charge in [-0.3, -0.25) is 62.3 Å². The summed E-state index contributed by atoms with van der Waals surface area (Å²) in [4.78, 5) is 173. The Morgan fingerprint density at radius 3 is 0.975 bits per heavy atom. The van der Waals surface area contributed by atoms with Crippen LogP contribution in [-0.4, -0.2) is 134 Å². The van der Waals surface area contributed by atoms with E-state index in [1.165, 1.54) is 35.2 Å². The van der Waals surface area contributed by atoms with Gasteiger partial charge in [0.05, 0.1) is 60.4 Å². The third kappa shape index (κ3) is 15.6. The maximum Gasteiger partial charge on any atom is 0.320 e. The lowest BCUT2D eigenvalue weighted by Crippen LogP contribution is -2.51. The summed E-state index contributed by atoms with van der Waals surface area (Å²) in [7, 11) is 3.76. The largest absolute Gasteiger partial charge is 0.481 e. The highest BCUT2D eigenvalue weighted by Gasteiger charge is 2.59. The molecule has 0 radical (unpaired) electrons. The number of methoxy groups -OCH3 is 3. The minimum Gasteiger partial charge on any atom is -0.481 e. The molecule has 1 N–H and O–H groups in total. The van der Waals surface area contributed by atoms with E-state index in [2.05, 4.69) is 14.2 Å². The Kier molecular flexibility index (Phi) is 24.1. The van der Waals surface area contributed by atoms with E-state index >= 15 is 0 Å². The molecular weight excluding hydrogens is 1060 g/mol. The van der Waals surface area contributed by atoms with E-state index in [-0.39, 0.29) is 104 Å². The van der Waals surface area contributed by atoms with E-state index in [9.17, 15) is 71.9 Å². The molecule has 8 fully saturated rings. The number of carboxylic acid groups (broad SMARTS) is 1. The zero-order valence-corrected chi connectivity index (χ0v) is 48.3. The molecule has 0 aromatic rings. The van der Waals surface area contributed by atoms with E-state index in [1.807, 2.05) is 0 Å². The van der Waals surface area contributed by atoms with Gasteiger partial charge in [-0.25, -0.2) is 0 Å². The number of carbonyl (C=O) groups excluding carboxylic acids is 14. The first-order valence-electron chi connectivity index (χ1n) is 28.2. The number of rotatable bonds is 16. The Morgan fingerprint density at radius 2 is 0.728 bits per heavy atom. The standard InChI is InChI=1S/C14H22O5.C12H18O5.C12H16O4.C11H14O4.C10H12O4/c1-4-18-12(16)11(13(17)19-5-2)14(7-6-8-14)9-10(3)15;1-8(13)7-12(5-4-6-12)9(10(14)16-2)11(15)17-3;1-2-16-11(15)10-9(14)6-8(13)7-12(10)4-3-5-12;1-15-10(14)9-8(13)5-7(12)6-11(9)3-2-4-11;11-6-4-7(12)8(9(13)14)10(5-6)2-1-3-10/h11H,4-9H2,1-3H3;9H,4-7H2,1-3H3;10H,2-7H2,1H3;9H,2-6H2,1H3;8H,1-5H2,(H,13,14). The van der Waals surface area contributed by atoms with Crippen molar-refractivity contribution in [2.24, 2.45) is 56.7 Å². The molecule has 3 unspecified atom stereocenters. The molecule has 8 aliphatic rings. The number of ketones is 8. The Balaban J connectivity index is 0.000000218. The maximum absolute atomic E-state index is 12.0. The number of esters is 6. The first-order valence-corrected chi connectivity index (χ1v) is 28.2. The van der Waals surface area contributed by atoms with Gasteiger partial charge >= 0.3 is 41.8 Å². The van der Waals surface area contributed by atoms with Crippen molar-refractivity contribution in [2.45, 2.75) is 182 Å². The molecular formula is C59H82O22. The van der Waals surface area contributed by atoms with Crippen LogP contribution < -0.4 is 0 Å². The molecule has 3 spiro atoms. The molecule has 450 valence electrons. The van der Waals surface area contributed by atoms with Gasteiger partial charge in [0.2, 0.25) is 0 Å². The van der Waals surface area contributed by atoms with Gasteiger partial charge < -0.3 is 43.1 Å². The Labute approximate surface area is 472 Å². The molecule has 0 aliphatic heterocycles. The summed E-state index contributed by atoms with van der Waals surface area (Å²) in [5.74, 6) is -9.62. The summed E-state index contributed by atoms with van der Waals surface area (Å²) in [6.45, 7) is 8.77. The fourth-order valence-corrected chi connectivity index (χ4v) is 13.6. The van der Waals surface area contributed by atoms with E-state index in [0.717, 1.165) is 57.8 Å². The van der Waals surface area contributed by atoms with Crippen LogP contribution in [0, 0.1) is 56.7 Å². The second-order valence-corrected chi connectivity index (χ2v) is 23.2. The van der Waals surface area contributed by atoms with Crippen molar-refractivity contribution in [1.29, 1.82) is 0 Å². The van der Waals surface area contributed by atoms with Gasteiger partial charge in [0.25, 0.3) is 0 Å². The molecule has 3 atom stereocenters. The molecule has 0 bridgehead atoms. The summed E-state index contributed by atoms with van der Waals surface area (Å²) in [6, 6.07) is 0. The minimum atomic E-state index is -1.05. The molecule has 22 nitrogen and oxygen atoms in total. The average Bonchev–Trinajstić information content (AvgIpc) is 3.38. The first kappa shape index (κ1) is 67.2. The normalized spacial score (nSPS) is 23.5. The van der Waals surface area contributed by atoms with Gasteiger partial charge in [0, 0.05) is 42.9 Å².